The topological polar surface area (TPSA) is 32.3 Å². The molecular weight excluding hydrogens is 220 g/mol. The average Bonchev–Trinajstić information content (AvgIpc) is 2.63. The normalized spacial score (nSPS) is 26.2. The third-order valence-electron chi connectivity index (χ3n) is 3.31. The lowest BCUT2D eigenvalue weighted by Gasteiger charge is -2.22. The maximum Gasteiger partial charge on any atom is 0.0246 e. The van der Waals surface area contributed by atoms with Crippen LogP contribution >= 0.6 is 0 Å². The summed E-state index contributed by atoms with van der Waals surface area (Å²) in [7, 11) is -0.654. The number of nitrogens with one attached hydrogen (secondary N) is 1. The van der Waals surface area contributed by atoms with Gasteiger partial charge in [-0.15, -0.1) is 0 Å². The second-order valence-corrected chi connectivity index (χ2v) is 6.76. The van der Waals surface area contributed by atoms with Crippen molar-refractivity contribution in [2.75, 3.05) is 25.1 Å². The fraction of sp³-hybridized carbons (Fsp3) is 1.00. The van der Waals surface area contributed by atoms with Crippen LogP contribution in [-0.2, 0) is 10.8 Å². The Kier molecular flexibility index (Phi) is 5.94. The van der Waals surface area contributed by atoms with Gasteiger partial charge in [-0.2, -0.15) is 0 Å². The Hall–Kier alpha value is 0.0700. The molecule has 3 unspecified atom stereocenters. The third kappa shape index (κ3) is 4.93. The highest BCUT2D eigenvalue weighted by Crippen LogP contribution is 2.13. The monoisotopic (exact) mass is 246 g/mol. The molecule has 1 N–H and O–H groups in total. The highest BCUT2D eigenvalue weighted by Gasteiger charge is 2.24. The minimum Gasteiger partial charge on any atom is -0.310 e. The summed E-state index contributed by atoms with van der Waals surface area (Å²) >= 11 is 0. The summed E-state index contributed by atoms with van der Waals surface area (Å²) in [5, 5.41) is 3.64. The molecule has 0 bridgehead atoms. The minimum absolute atomic E-state index is 0.487. The molecule has 0 spiro atoms. The lowest BCUT2D eigenvalue weighted by molar-refractivity contribution is 0.265. The van der Waals surface area contributed by atoms with Crippen molar-refractivity contribution in [2.24, 2.45) is 0 Å². The van der Waals surface area contributed by atoms with E-state index in [1.54, 1.807) is 6.26 Å². The molecule has 96 valence electrons. The fourth-order valence-corrected chi connectivity index (χ4v) is 2.91. The van der Waals surface area contributed by atoms with Crippen molar-refractivity contribution in [2.45, 2.75) is 51.7 Å². The molecule has 1 rings (SSSR count). The van der Waals surface area contributed by atoms with Gasteiger partial charge in [-0.05, 0) is 40.2 Å². The molecule has 1 aliphatic rings. The molecule has 0 aromatic heterocycles. The zero-order valence-electron chi connectivity index (χ0n) is 11.0. The molecule has 0 saturated carbocycles. The summed E-state index contributed by atoms with van der Waals surface area (Å²) in [4.78, 5) is 2.52. The zero-order valence-corrected chi connectivity index (χ0v) is 11.8. The molecule has 16 heavy (non-hydrogen) atoms. The molecule has 3 atom stereocenters. The second-order valence-electron chi connectivity index (χ2n) is 5.21. The van der Waals surface area contributed by atoms with Crippen molar-refractivity contribution in [3.63, 3.8) is 0 Å². The quantitative estimate of drug-likeness (QED) is 0.765. The molecule has 0 radical (unpaired) electrons. The van der Waals surface area contributed by atoms with Gasteiger partial charge in [-0.25, -0.2) is 0 Å². The second kappa shape index (κ2) is 6.72. The molecule has 1 aliphatic heterocycles. The van der Waals surface area contributed by atoms with E-state index >= 15 is 0 Å². The lowest BCUT2D eigenvalue weighted by Crippen LogP contribution is -2.40. The first-order valence-corrected chi connectivity index (χ1v) is 8.02. The van der Waals surface area contributed by atoms with Crippen LogP contribution in [0.25, 0.3) is 0 Å². The van der Waals surface area contributed by atoms with E-state index in [0.29, 0.717) is 18.1 Å². The van der Waals surface area contributed by atoms with E-state index in [1.165, 1.54) is 13.0 Å². The Balaban J connectivity index is 2.20. The summed E-state index contributed by atoms with van der Waals surface area (Å²) in [6, 6.07) is 1.77. The van der Waals surface area contributed by atoms with Crippen molar-refractivity contribution in [1.82, 2.24) is 10.2 Å². The Morgan fingerprint density at radius 2 is 2.12 bits per heavy atom. The highest BCUT2D eigenvalue weighted by atomic mass is 32.2. The minimum atomic E-state index is -0.654. The molecule has 1 fully saturated rings. The predicted molar refractivity (Wildman–Crippen MR) is 71.3 cm³/mol. The first-order valence-electron chi connectivity index (χ1n) is 6.29. The van der Waals surface area contributed by atoms with Crippen LogP contribution in [0, 0.1) is 0 Å². The summed E-state index contributed by atoms with van der Waals surface area (Å²) < 4.78 is 11.0. The molecule has 0 aromatic carbocycles. The van der Waals surface area contributed by atoms with Gasteiger partial charge in [0.25, 0.3) is 0 Å². The van der Waals surface area contributed by atoms with Gasteiger partial charge < -0.3 is 5.32 Å². The van der Waals surface area contributed by atoms with Gasteiger partial charge in [0.05, 0.1) is 0 Å². The maximum absolute atomic E-state index is 11.0. The molecule has 0 amide bonds. The first kappa shape index (κ1) is 14.1. The van der Waals surface area contributed by atoms with E-state index < -0.39 is 10.8 Å². The predicted octanol–water partition coefficient (Wildman–Crippen LogP) is 1.22. The summed E-state index contributed by atoms with van der Waals surface area (Å²) in [6.45, 7) is 9.09. The highest BCUT2D eigenvalue weighted by molar-refractivity contribution is 7.84. The van der Waals surface area contributed by atoms with Gasteiger partial charge in [0, 0.05) is 47.5 Å². The van der Waals surface area contributed by atoms with Crippen molar-refractivity contribution in [1.29, 1.82) is 0 Å². The smallest absolute Gasteiger partial charge is 0.0246 e. The largest absolute Gasteiger partial charge is 0.310 e. The van der Waals surface area contributed by atoms with Crippen LogP contribution in [0.2, 0.25) is 0 Å². The molecule has 3 nitrogen and oxygen atoms in total. The number of nitrogens with zero attached hydrogens (tertiary/aromatic N) is 1. The Morgan fingerprint density at radius 3 is 2.62 bits per heavy atom. The first-order chi connectivity index (χ1) is 7.49. The van der Waals surface area contributed by atoms with Crippen LogP contribution < -0.4 is 5.32 Å². The van der Waals surface area contributed by atoms with Gasteiger partial charge in [0.15, 0.2) is 0 Å². The molecule has 1 saturated heterocycles. The van der Waals surface area contributed by atoms with Gasteiger partial charge in [-0.1, -0.05) is 0 Å². The van der Waals surface area contributed by atoms with Crippen molar-refractivity contribution < 1.29 is 4.21 Å². The van der Waals surface area contributed by atoms with Crippen molar-refractivity contribution in [3.8, 4) is 0 Å². The zero-order chi connectivity index (χ0) is 12.1. The molecule has 1 heterocycles. The summed E-state index contributed by atoms with van der Waals surface area (Å²) in [6.07, 6.45) is 4.04. The number of hydrogen-bond donors (Lipinski definition) is 1. The average molecular weight is 246 g/mol. The van der Waals surface area contributed by atoms with E-state index in [-0.39, 0.29) is 0 Å². The van der Waals surface area contributed by atoms with Crippen LogP contribution in [0.4, 0.5) is 0 Å². The maximum atomic E-state index is 11.0. The van der Waals surface area contributed by atoms with Gasteiger partial charge in [-0.3, -0.25) is 9.11 Å². The Bertz CT molecular complexity index is 233. The van der Waals surface area contributed by atoms with Crippen LogP contribution in [0.3, 0.4) is 0 Å². The summed E-state index contributed by atoms with van der Waals surface area (Å²) in [5.74, 6) is 0.814. The SMILES string of the molecule is CC(CCS(C)=O)NC1CCN(C(C)C)C1. The van der Waals surface area contributed by atoms with E-state index in [9.17, 15) is 4.21 Å². The molecular formula is C12H26N2OS. The van der Waals surface area contributed by atoms with E-state index in [4.69, 9.17) is 0 Å². The van der Waals surface area contributed by atoms with Crippen LogP contribution in [0.15, 0.2) is 0 Å². The van der Waals surface area contributed by atoms with E-state index in [2.05, 4.69) is 31.0 Å². The van der Waals surface area contributed by atoms with Crippen LogP contribution in [0.5, 0.6) is 0 Å². The molecule has 0 aliphatic carbocycles. The van der Waals surface area contributed by atoms with Gasteiger partial charge >= 0.3 is 0 Å². The third-order valence-corrected chi connectivity index (χ3v) is 4.12. The lowest BCUT2D eigenvalue weighted by atomic mass is 10.2. The van der Waals surface area contributed by atoms with Crippen LogP contribution in [0.1, 0.15) is 33.6 Å². The molecule has 0 aromatic rings. The Labute approximate surface area is 102 Å². The van der Waals surface area contributed by atoms with Crippen LogP contribution in [-0.4, -0.2) is 52.3 Å². The fourth-order valence-electron chi connectivity index (χ4n) is 2.22. The van der Waals surface area contributed by atoms with E-state index in [1.807, 2.05) is 0 Å². The molecule has 4 heteroatoms. The summed E-state index contributed by atoms with van der Waals surface area (Å²) in [5.41, 5.74) is 0. The van der Waals surface area contributed by atoms with E-state index in [0.717, 1.165) is 18.7 Å². The van der Waals surface area contributed by atoms with Crippen molar-refractivity contribution in [3.05, 3.63) is 0 Å². The Morgan fingerprint density at radius 1 is 1.44 bits per heavy atom. The number of likely N-dealkylation sites (tertiary alicyclic amines) is 1. The van der Waals surface area contributed by atoms with Crippen molar-refractivity contribution >= 4 is 10.8 Å². The number of hydrogen-bond acceptors (Lipinski definition) is 3. The van der Waals surface area contributed by atoms with Gasteiger partial charge in [0.2, 0.25) is 0 Å². The van der Waals surface area contributed by atoms with Gasteiger partial charge in [0.1, 0.15) is 0 Å². The standard InChI is InChI=1S/C12H26N2OS/c1-10(2)14-7-5-12(9-14)13-11(3)6-8-16(4)15/h10-13H,5-9H2,1-4H3. The number of rotatable bonds is 6.